The zero-order valence-electron chi connectivity index (χ0n) is 8.18. The van der Waals surface area contributed by atoms with Crippen LogP contribution >= 0.6 is 11.8 Å². The minimum atomic E-state index is 0.900. The summed E-state index contributed by atoms with van der Waals surface area (Å²) < 4.78 is 0. The van der Waals surface area contributed by atoms with Crippen LogP contribution in [0.2, 0.25) is 0 Å². The van der Waals surface area contributed by atoms with Crippen molar-refractivity contribution in [2.24, 2.45) is 5.92 Å². The summed E-state index contributed by atoms with van der Waals surface area (Å²) >= 11 is 1.91. The van der Waals surface area contributed by atoms with Crippen LogP contribution in [0.5, 0.6) is 0 Å². The van der Waals surface area contributed by atoms with Crippen LogP contribution < -0.4 is 5.32 Å². The van der Waals surface area contributed by atoms with E-state index >= 15 is 0 Å². The van der Waals surface area contributed by atoms with E-state index < -0.39 is 0 Å². The summed E-state index contributed by atoms with van der Waals surface area (Å²) in [6.45, 7) is 4.95. The Hall–Kier alpha value is 0.270. The first-order valence-electron chi connectivity index (χ1n) is 4.71. The Morgan fingerprint density at radius 3 is 3.00 bits per heavy atom. The molecule has 0 aromatic rings. The highest BCUT2D eigenvalue weighted by Crippen LogP contribution is 2.12. The van der Waals surface area contributed by atoms with E-state index in [4.69, 9.17) is 0 Å². The summed E-state index contributed by atoms with van der Waals surface area (Å²) in [6, 6.07) is 0. The zero-order chi connectivity index (χ0) is 8.81. The normalized spacial score (nSPS) is 25.0. The molecule has 72 valence electrons. The molecule has 0 aliphatic carbocycles. The predicted molar refractivity (Wildman–Crippen MR) is 56.9 cm³/mol. The molecule has 1 fully saturated rings. The largest absolute Gasteiger partial charge is 0.316 e. The van der Waals surface area contributed by atoms with Crippen LogP contribution in [0, 0.1) is 5.92 Å². The average Bonchev–Trinajstić information content (AvgIpc) is 2.45. The van der Waals surface area contributed by atoms with Gasteiger partial charge in [-0.3, -0.25) is 0 Å². The zero-order valence-corrected chi connectivity index (χ0v) is 8.99. The molecule has 1 atom stereocenters. The van der Waals surface area contributed by atoms with Crippen LogP contribution in [0.3, 0.4) is 0 Å². The third-order valence-corrected chi connectivity index (χ3v) is 3.02. The lowest BCUT2D eigenvalue weighted by Crippen LogP contribution is -2.26. The van der Waals surface area contributed by atoms with E-state index in [-0.39, 0.29) is 0 Å². The Morgan fingerprint density at radius 2 is 2.42 bits per heavy atom. The van der Waals surface area contributed by atoms with Crippen LogP contribution in [0.25, 0.3) is 0 Å². The second kappa shape index (κ2) is 5.84. The molecule has 0 amide bonds. The van der Waals surface area contributed by atoms with E-state index in [0.717, 1.165) is 5.92 Å². The summed E-state index contributed by atoms with van der Waals surface area (Å²) in [4.78, 5) is 2.42. The molecule has 1 rings (SSSR count). The number of rotatable bonds is 5. The van der Waals surface area contributed by atoms with Gasteiger partial charge >= 0.3 is 0 Å². The van der Waals surface area contributed by atoms with Crippen molar-refractivity contribution < 1.29 is 0 Å². The van der Waals surface area contributed by atoms with Crippen LogP contribution in [0.4, 0.5) is 0 Å². The van der Waals surface area contributed by atoms with Crippen molar-refractivity contribution in [1.29, 1.82) is 0 Å². The van der Waals surface area contributed by atoms with Gasteiger partial charge in [0.05, 0.1) is 0 Å². The summed E-state index contributed by atoms with van der Waals surface area (Å²) in [5.74, 6) is 2.14. The van der Waals surface area contributed by atoms with Crippen molar-refractivity contribution in [2.45, 2.75) is 6.42 Å². The summed E-state index contributed by atoms with van der Waals surface area (Å²) in [7, 11) is 2.21. The Kier molecular flexibility index (Phi) is 5.04. The third-order valence-electron chi connectivity index (χ3n) is 2.40. The maximum absolute atomic E-state index is 3.50. The fourth-order valence-corrected chi connectivity index (χ4v) is 2.02. The molecule has 1 unspecified atom stereocenters. The van der Waals surface area contributed by atoms with Gasteiger partial charge in [0.25, 0.3) is 0 Å². The maximum atomic E-state index is 3.50. The fraction of sp³-hybridized carbons (Fsp3) is 1.00. The molecule has 0 bridgehead atoms. The molecule has 1 saturated heterocycles. The van der Waals surface area contributed by atoms with E-state index in [1.165, 1.54) is 38.4 Å². The van der Waals surface area contributed by atoms with Crippen LogP contribution in [0.15, 0.2) is 0 Å². The Morgan fingerprint density at radius 1 is 1.58 bits per heavy atom. The fourth-order valence-electron chi connectivity index (χ4n) is 1.67. The number of hydrogen-bond acceptors (Lipinski definition) is 3. The summed E-state index contributed by atoms with van der Waals surface area (Å²) in [5.41, 5.74) is 0. The van der Waals surface area contributed by atoms with Gasteiger partial charge in [-0.2, -0.15) is 11.8 Å². The van der Waals surface area contributed by atoms with Gasteiger partial charge in [-0.1, -0.05) is 0 Å². The molecular formula is C9H20N2S. The van der Waals surface area contributed by atoms with Gasteiger partial charge in [-0.25, -0.2) is 0 Å². The van der Waals surface area contributed by atoms with Gasteiger partial charge in [0.15, 0.2) is 0 Å². The van der Waals surface area contributed by atoms with Gasteiger partial charge in [-0.15, -0.1) is 0 Å². The average molecular weight is 188 g/mol. The van der Waals surface area contributed by atoms with Crippen LogP contribution in [0.1, 0.15) is 6.42 Å². The molecule has 1 N–H and O–H groups in total. The van der Waals surface area contributed by atoms with Gasteiger partial charge in [0, 0.05) is 18.8 Å². The molecule has 0 aromatic carbocycles. The van der Waals surface area contributed by atoms with Gasteiger partial charge < -0.3 is 10.2 Å². The van der Waals surface area contributed by atoms with Crippen molar-refractivity contribution in [1.82, 2.24) is 10.2 Å². The highest BCUT2D eigenvalue weighted by Gasteiger charge is 2.18. The van der Waals surface area contributed by atoms with Crippen molar-refractivity contribution in [3.8, 4) is 0 Å². The summed E-state index contributed by atoms with van der Waals surface area (Å²) in [5, 5.41) is 3.50. The highest BCUT2D eigenvalue weighted by atomic mass is 32.2. The van der Waals surface area contributed by atoms with Gasteiger partial charge in [0.1, 0.15) is 0 Å². The maximum Gasteiger partial charge on any atom is 0.00553 e. The molecule has 0 spiro atoms. The minimum Gasteiger partial charge on any atom is -0.316 e. The second-order valence-corrected chi connectivity index (χ2v) is 4.60. The van der Waals surface area contributed by atoms with E-state index in [1.54, 1.807) is 0 Å². The number of thioether (sulfide) groups is 1. The first-order chi connectivity index (χ1) is 5.83. The Balaban J connectivity index is 1.93. The van der Waals surface area contributed by atoms with Gasteiger partial charge in [-0.05, 0) is 38.7 Å². The molecule has 1 aliphatic heterocycles. The molecule has 1 heterocycles. The van der Waals surface area contributed by atoms with Crippen LogP contribution in [-0.4, -0.2) is 50.1 Å². The topological polar surface area (TPSA) is 15.3 Å². The number of hydrogen-bond donors (Lipinski definition) is 1. The lowest BCUT2D eigenvalue weighted by atomic mass is 10.1. The lowest BCUT2D eigenvalue weighted by Gasteiger charge is -2.10. The third kappa shape index (κ3) is 3.78. The molecule has 1 aliphatic rings. The standard InChI is InChI=1S/C9H20N2S/c1-11-5-3-9(8-11)7-10-4-6-12-2/h9-10H,3-8H2,1-2H3. The molecule has 2 nitrogen and oxygen atoms in total. The van der Waals surface area contributed by atoms with E-state index in [2.05, 4.69) is 23.5 Å². The molecule has 0 aromatic heterocycles. The predicted octanol–water partition coefficient (Wildman–Crippen LogP) is 0.891. The van der Waals surface area contributed by atoms with E-state index in [0.29, 0.717) is 0 Å². The van der Waals surface area contributed by atoms with E-state index in [9.17, 15) is 0 Å². The lowest BCUT2D eigenvalue weighted by molar-refractivity contribution is 0.389. The molecule has 12 heavy (non-hydrogen) atoms. The molecular weight excluding hydrogens is 168 g/mol. The van der Waals surface area contributed by atoms with E-state index in [1.807, 2.05) is 11.8 Å². The van der Waals surface area contributed by atoms with Crippen molar-refractivity contribution in [3.05, 3.63) is 0 Å². The number of nitrogens with one attached hydrogen (secondary N) is 1. The smallest absolute Gasteiger partial charge is 0.00553 e. The first kappa shape index (κ1) is 10.4. The van der Waals surface area contributed by atoms with Gasteiger partial charge in [0.2, 0.25) is 0 Å². The monoisotopic (exact) mass is 188 g/mol. The first-order valence-corrected chi connectivity index (χ1v) is 6.10. The molecule has 0 saturated carbocycles. The van der Waals surface area contributed by atoms with Crippen molar-refractivity contribution >= 4 is 11.8 Å². The van der Waals surface area contributed by atoms with Crippen molar-refractivity contribution in [2.75, 3.05) is 45.2 Å². The van der Waals surface area contributed by atoms with Crippen molar-refractivity contribution in [3.63, 3.8) is 0 Å². The quantitative estimate of drug-likeness (QED) is 0.645. The minimum absolute atomic E-state index is 0.900. The summed E-state index contributed by atoms with van der Waals surface area (Å²) in [6.07, 6.45) is 3.54. The number of likely N-dealkylation sites (tertiary alicyclic amines) is 1. The molecule has 0 radical (unpaired) electrons. The Labute approximate surface area is 80.1 Å². The number of nitrogens with zero attached hydrogens (tertiary/aromatic N) is 1. The second-order valence-electron chi connectivity index (χ2n) is 3.61. The Bertz CT molecular complexity index is 119. The highest BCUT2D eigenvalue weighted by molar-refractivity contribution is 7.98. The van der Waals surface area contributed by atoms with Crippen LogP contribution in [-0.2, 0) is 0 Å². The SMILES string of the molecule is CSCCNCC1CCN(C)C1. The molecule has 3 heteroatoms.